The standard InChI is InChI=1S/C29H40FN5O3/c1-19-14-26(33-38-19)29(37)34-13-12-25(35(24-10-11-24)18-22-6-8-23(30)9-7-22)15-27(34)28(36)32-17-21-4-2-20(16-31)3-5-21/h6-9,14,20-21,24-25,27H,2-5,10-13,15-18,31H2,1H3,(H,32,36)/t20?,21?,25?,27-/m1/s1. The van der Waals surface area contributed by atoms with E-state index >= 15 is 0 Å². The third-order valence-electron chi connectivity index (χ3n) is 8.61. The van der Waals surface area contributed by atoms with E-state index < -0.39 is 6.04 Å². The average Bonchev–Trinajstić information content (AvgIpc) is 3.70. The quantitative estimate of drug-likeness (QED) is 0.518. The fourth-order valence-corrected chi connectivity index (χ4v) is 6.15. The highest BCUT2D eigenvalue weighted by molar-refractivity contribution is 5.96. The molecule has 38 heavy (non-hydrogen) atoms. The van der Waals surface area contributed by atoms with Crippen LogP contribution in [0.2, 0.25) is 0 Å². The molecule has 1 aliphatic heterocycles. The van der Waals surface area contributed by atoms with Crippen molar-refractivity contribution in [2.45, 2.75) is 83.0 Å². The summed E-state index contributed by atoms with van der Waals surface area (Å²) in [7, 11) is 0. The lowest BCUT2D eigenvalue weighted by molar-refractivity contribution is -0.128. The fourth-order valence-electron chi connectivity index (χ4n) is 6.15. The molecule has 0 spiro atoms. The summed E-state index contributed by atoms with van der Waals surface area (Å²) in [4.78, 5) is 31.2. The minimum Gasteiger partial charge on any atom is -0.361 e. The number of hydrogen-bond donors (Lipinski definition) is 2. The van der Waals surface area contributed by atoms with E-state index in [-0.39, 0.29) is 29.4 Å². The van der Waals surface area contributed by atoms with Gasteiger partial charge in [-0.2, -0.15) is 0 Å². The Labute approximate surface area is 224 Å². The molecule has 3 fully saturated rings. The molecular formula is C29H40FN5O3. The van der Waals surface area contributed by atoms with Crippen LogP contribution in [0.3, 0.4) is 0 Å². The number of piperidine rings is 1. The van der Waals surface area contributed by atoms with Crippen LogP contribution < -0.4 is 11.1 Å². The number of halogens is 1. The maximum Gasteiger partial charge on any atom is 0.276 e. The third kappa shape index (κ3) is 6.43. The minimum atomic E-state index is -0.576. The Hall–Kier alpha value is -2.78. The van der Waals surface area contributed by atoms with Crippen molar-refractivity contribution in [3.8, 4) is 0 Å². The predicted molar refractivity (Wildman–Crippen MR) is 142 cm³/mol. The number of carbonyl (C=O) groups is 2. The van der Waals surface area contributed by atoms with Gasteiger partial charge in [0.25, 0.3) is 5.91 Å². The smallest absolute Gasteiger partial charge is 0.276 e. The van der Waals surface area contributed by atoms with Crippen molar-refractivity contribution in [3.63, 3.8) is 0 Å². The van der Waals surface area contributed by atoms with Gasteiger partial charge in [-0.25, -0.2) is 4.39 Å². The molecule has 2 amide bonds. The molecule has 2 heterocycles. The Bertz CT molecular complexity index is 1090. The fraction of sp³-hybridized carbons (Fsp3) is 0.621. The summed E-state index contributed by atoms with van der Waals surface area (Å²) in [6, 6.07) is 8.34. The van der Waals surface area contributed by atoms with E-state index in [9.17, 15) is 14.0 Å². The van der Waals surface area contributed by atoms with Gasteiger partial charge in [0.2, 0.25) is 5.91 Å². The second-order valence-corrected chi connectivity index (χ2v) is 11.4. The first-order valence-corrected chi connectivity index (χ1v) is 14.1. The van der Waals surface area contributed by atoms with Crippen molar-refractivity contribution < 1.29 is 18.5 Å². The zero-order valence-electron chi connectivity index (χ0n) is 22.3. The second-order valence-electron chi connectivity index (χ2n) is 11.4. The number of nitrogens with zero attached hydrogens (tertiary/aromatic N) is 3. The first-order chi connectivity index (χ1) is 18.4. The largest absolute Gasteiger partial charge is 0.361 e. The van der Waals surface area contributed by atoms with Gasteiger partial charge in [-0.05, 0) is 94.4 Å². The van der Waals surface area contributed by atoms with Gasteiger partial charge in [0.15, 0.2) is 5.69 Å². The molecule has 3 aliphatic rings. The van der Waals surface area contributed by atoms with Crippen LogP contribution in [0.1, 0.15) is 73.2 Å². The van der Waals surface area contributed by atoms with Crippen molar-refractivity contribution in [3.05, 3.63) is 53.2 Å². The number of carbonyl (C=O) groups excluding carboxylic acids is 2. The van der Waals surface area contributed by atoms with Gasteiger partial charge >= 0.3 is 0 Å². The SMILES string of the molecule is Cc1cc(C(=O)N2CCC(N(Cc3ccc(F)cc3)C3CC3)C[C@@H]2C(=O)NCC2CCC(CN)CC2)no1. The lowest BCUT2D eigenvalue weighted by Gasteiger charge is -2.43. The Morgan fingerprint density at radius 2 is 1.79 bits per heavy atom. The van der Waals surface area contributed by atoms with E-state index in [1.165, 1.54) is 12.1 Å². The van der Waals surface area contributed by atoms with Crippen LogP contribution >= 0.6 is 0 Å². The number of nitrogens with one attached hydrogen (secondary N) is 1. The number of aromatic nitrogens is 1. The van der Waals surface area contributed by atoms with Crippen molar-refractivity contribution in [2.24, 2.45) is 17.6 Å². The minimum absolute atomic E-state index is 0.0956. The number of amides is 2. The molecule has 2 atom stereocenters. The monoisotopic (exact) mass is 525 g/mol. The lowest BCUT2D eigenvalue weighted by atomic mass is 9.82. The van der Waals surface area contributed by atoms with Crippen molar-refractivity contribution in [2.75, 3.05) is 19.6 Å². The second kappa shape index (κ2) is 11.9. The zero-order chi connectivity index (χ0) is 26.6. The van der Waals surface area contributed by atoms with Crippen LogP contribution in [0.4, 0.5) is 4.39 Å². The van der Waals surface area contributed by atoms with E-state index in [0.717, 1.165) is 57.1 Å². The Kier molecular flexibility index (Phi) is 8.43. The summed E-state index contributed by atoms with van der Waals surface area (Å²) >= 11 is 0. The molecule has 2 aromatic rings. The zero-order valence-corrected chi connectivity index (χ0v) is 22.3. The summed E-state index contributed by atoms with van der Waals surface area (Å²) in [5.41, 5.74) is 7.14. The number of nitrogens with two attached hydrogens (primary N) is 1. The average molecular weight is 526 g/mol. The van der Waals surface area contributed by atoms with Gasteiger partial charge < -0.3 is 20.5 Å². The first-order valence-electron chi connectivity index (χ1n) is 14.1. The Balaban J connectivity index is 1.29. The molecular weight excluding hydrogens is 485 g/mol. The lowest BCUT2D eigenvalue weighted by Crippen LogP contribution is -2.58. The van der Waals surface area contributed by atoms with E-state index in [1.807, 2.05) is 12.1 Å². The van der Waals surface area contributed by atoms with Crippen molar-refractivity contribution in [1.29, 1.82) is 0 Å². The van der Waals surface area contributed by atoms with Crippen LogP contribution in [-0.4, -0.2) is 64.5 Å². The van der Waals surface area contributed by atoms with Crippen LogP contribution in [0, 0.1) is 24.6 Å². The highest BCUT2D eigenvalue weighted by atomic mass is 19.1. The van der Waals surface area contributed by atoms with E-state index in [2.05, 4.69) is 15.4 Å². The van der Waals surface area contributed by atoms with Gasteiger partial charge in [-0.1, -0.05) is 17.3 Å². The summed E-state index contributed by atoms with van der Waals surface area (Å²) in [6.07, 6.45) is 7.95. The number of likely N-dealkylation sites (tertiary alicyclic amines) is 1. The summed E-state index contributed by atoms with van der Waals surface area (Å²) in [5, 5.41) is 7.11. The molecule has 3 N–H and O–H groups in total. The van der Waals surface area contributed by atoms with Crippen LogP contribution in [-0.2, 0) is 11.3 Å². The molecule has 0 bridgehead atoms. The summed E-state index contributed by atoms with van der Waals surface area (Å²) in [6.45, 7) is 4.30. The molecule has 1 aromatic heterocycles. The molecule has 1 saturated heterocycles. The van der Waals surface area contributed by atoms with Gasteiger partial charge in [-0.15, -0.1) is 0 Å². The first kappa shape index (κ1) is 26.8. The van der Waals surface area contributed by atoms with E-state index in [4.69, 9.17) is 10.3 Å². The van der Waals surface area contributed by atoms with E-state index in [1.54, 1.807) is 17.9 Å². The van der Waals surface area contributed by atoms with Gasteiger partial charge in [-0.3, -0.25) is 14.5 Å². The van der Waals surface area contributed by atoms with Crippen LogP contribution in [0.5, 0.6) is 0 Å². The Morgan fingerprint density at radius 3 is 2.42 bits per heavy atom. The molecule has 1 aromatic carbocycles. The topological polar surface area (TPSA) is 105 Å². The molecule has 5 rings (SSSR count). The van der Waals surface area contributed by atoms with E-state index in [0.29, 0.717) is 49.7 Å². The highest BCUT2D eigenvalue weighted by Crippen LogP contribution is 2.35. The predicted octanol–water partition coefficient (Wildman–Crippen LogP) is 3.64. The molecule has 9 heteroatoms. The molecule has 0 radical (unpaired) electrons. The molecule has 2 aliphatic carbocycles. The highest BCUT2D eigenvalue weighted by Gasteiger charge is 2.42. The summed E-state index contributed by atoms with van der Waals surface area (Å²) < 4.78 is 18.6. The molecule has 2 saturated carbocycles. The normalized spacial score (nSPS) is 25.9. The van der Waals surface area contributed by atoms with Crippen LogP contribution in [0.15, 0.2) is 34.9 Å². The van der Waals surface area contributed by atoms with Crippen molar-refractivity contribution in [1.82, 2.24) is 20.3 Å². The number of hydrogen-bond acceptors (Lipinski definition) is 6. The molecule has 206 valence electrons. The maximum atomic E-state index is 13.6. The maximum absolute atomic E-state index is 13.6. The number of benzene rings is 1. The Morgan fingerprint density at radius 1 is 1.08 bits per heavy atom. The summed E-state index contributed by atoms with van der Waals surface area (Å²) in [5.74, 6) is 1.01. The molecule has 8 nitrogen and oxygen atoms in total. The van der Waals surface area contributed by atoms with Gasteiger partial charge in [0.05, 0.1) is 0 Å². The van der Waals surface area contributed by atoms with Crippen molar-refractivity contribution >= 4 is 11.8 Å². The van der Waals surface area contributed by atoms with Crippen LogP contribution in [0.25, 0.3) is 0 Å². The van der Waals surface area contributed by atoms with Gasteiger partial charge in [0.1, 0.15) is 17.6 Å². The number of rotatable bonds is 9. The molecule has 1 unspecified atom stereocenters. The van der Waals surface area contributed by atoms with Gasteiger partial charge in [0, 0.05) is 37.8 Å². The third-order valence-corrected chi connectivity index (χ3v) is 8.61. The number of aryl methyl sites for hydroxylation is 1.